The summed E-state index contributed by atoms with van der Waals surface area (Å²) in [6.07, 6.45) is 11.1. The molecule has 0 amide bonds. The van der Waals surface area contributed by atoms with Gasteiger partial charge in [-0.1, -0.05) is 39.0 Å². The molecule has 6 heteroatoms. The second kappa shape index (κ2) is 11.2. The molecule has 1 N–H and O–H groups in total. The summed E-state index contributed by atoms with van der Waals surface area (Å²) in [6.45, 7) is 12.9. The van der Waals surface area contributed by atoms with Gasteiger partial charge in [0.2, 0.25) is 0 Å². The zero-order valence-corrected chi connectivity index (χ0v) is 19.0. The predicted octanol–water partition coefficient (Wildman–Crippen LogP) is 4.45. The van der Waals surface area contributed by atoms with Gasteiger partial charge in [-0.3, -0.25) is 4.99 Å². The molecule has 166 valence electrons. The Kier molecular flexibility index (Phi) is 8.90. The molecule has 2 rings (SSSR count). The Balaban J connectivity index is 2.25. The van der Waals surface area contributed by atoms with Crippen molar-refractivity contribution in [3.05, 3.63) is 47.9 Å². The van der Waals surface area contributed by atoms with E-state index in [1.54, 1.807) is 7.11 Å². The predicted molar refractivity (Wildman–Crippen MR) is 120 cm³/mol. The summed E-state index contributed by atoms with van der Waals surface area (Å²) in [6, 6.07) is -0.0641. The van der Waals surface area contributed by atoms with Gasteiger partial charge in [-0.2, -0.15) is 0 Å². The van der Waals surface area contributed by atoms with E-state index in [1.165, 1.54) is 0 Å². The number of carbonyl (C=O) groups excluding carboxylic acids is 1. The Morgan fingerprint density at radius 1 is 1.47 bits per heavy atom. The number of hydrogen-bond acceptors (Lipinski definition) is 6. The molecule has 0 aromatic carbocycles. The molecule has 6 nitrogen and oxygen atoms in total. The molecule has 1 saturated heterocycles. The highest BCUT2D eigenvalue weighted by atomic mass is 16.5. The summed E-state index contributed by atoms with van der Waals surface area (Å²) in [5, 5.41) is 3.21. The smallest absolute Gasteiger partial charge is 0.336 e. The van der Waals surface area contributed by atoms with Crippen molar-refractivity contribution in [3.63, 3.8) is 0 Å². The van der Waals surface area contributed by atoms with Crippen LogP contribution in [0.4, 0.5) is 0 Å². The summed E-state index contributed by atoms with van der Waals surface area (Å²) >= 11 is 0. The van der Waals surface area contributed by atoms with Crippen molar-refractivity contribution in [2.24, 2.45) is 10.9 Å². The minimum Gasteiger partial charge on any atom is -0.497 e. The second-order valence-corrected chi connectivity index (χ2v) is 8.16. The van der Waals surface area contributed by atoms with E-state index in [2.05, 4.69) is 25.7 Å². The zero-order valence-electron chi connectivity index (χ0n) is 19.0. The van der Waals surface area contributed by atoms with Crippen molar-refractivity contribution in [2.45, 2.75) is 65.0 Å². The third-order valence-corrected chi connectivity index (χ3v) is 5.45. The Morgan fingerprint density at radius 2 is 2.23 bits per heavy atom. The maximum absolute atomic E-state index is 12.7. The number of carbonyl (C=O) groups is 1. The second-order valence-electron chi connectivity index (χ2n) is 8.16. The van der Waals surface area contributed by atoms with Crippen molar-refractivity contribution in [2.75, 3.05) is 20.3 Å². The lowest BCUT2D eigenvalue weighted by atomic mass is 9.86. The number of ether oxygens (including phenoxy) is 3. The third kappa shape index (κ3) is 6.87. The molecule has 0 aromatic rings. The first-order valence-electron chi connectivity index (χ1n) is 10.8. The van der Waals surface area contributed by atoms with Crippen LogP contribution in [0.15, 0.2) is 52.9 Å². The maximum atomic E-state index is 12.7. The standard InChI is InChI=1S/C24H36N2O4/c1-7-17(2)14-21-23(27)29-13-9-8-12-24(21,5)30-16-22-25-18(3)10-11-20(28-6)15-19(4)26-22/h10-11,14-15,17-18H,4,7-9,12-13,16H2,1-3,5-6H3,(H,25,26)/b11-10-,20-15+,21-14-/t17?,18?,24-/m0/s1. The van der Waals surface area contributed by atoms with E-state index >= 15 is 0 Å². The first-order chi connectivity index (χ1) is 14.3. The van der Waals surface area contributed by atoms with Gasteiger partial charge in [0, 0.05) is 11.8 Å². The van der Waals surface area contributed by atoms with E-state index in [4.69, 9.17) is 19.2 Å². The molecule has 2 heterocycles. The van der Waals surface area contributed by atoms with Crippen molar-refractivity contribution >= 4 is 11.8 Å². The number of hydrogen-bond donors (Lipinski definition) is 1. The quantitative estimate of drug-likeness (QED) is 0.512. The van der Waals surface area contributed by atoms with Crippen LogP contribution in [0.3, 0.4) is 0 Å². The van der Waals surface area contributed by atoms with E-state index in [-0.39, 0.29) is 24.5 Å². The number of esters is 1. The van der Waals surface area contributed by atoms with Gasteiger partial charge in [-0.25, -0.2) is 4.79 Å². The normalized spacial score (nSPS) is 30.8. The van der Waals surface area contributed by atoms with E-state index in [1.807, 2.05) is 38.2 Å². The fourth-order valence-electron chi connectivity index (χ4n) is 3.38. The lowest BCUT2D eigenvalue weighted by Gasteiger charge is -2.34. The number of amidine groups is 1. The van der Waals surface area contributed by atoms with Gasteiger partial charge in [0.1, 0.15) is 18.2 Å². The molecule has 30 heavy (non-hydrogen) atoms. The number of nitrogens with one attached hydrogen (secondary N) is 1. The Morgan fingerprint density at radius 3 is 2.93 bits per heavy atom. The lowest BCUT2D eigenvalue weighted by Crippen LogP contribution is -2.41. The van der Waals surface area contributed by atoms with E-state index in [9.17, 15) is 4.79 Å². The highest BCUT2D eigenvalue weighted by Gasteiger charge is 2.37. The van der Waals surface area contributed by atoms with Gasteiger partial charge in [-0.15, -0.1) is 0 Å². The van der Waals surface area contributed by atoms with Crippen LogP contribution >= 0.6 is 0 Å². The number of rotatable bonds is 6. The van der Waals surface area contributed by atoms with Crippen LogP contribution in [-0.4, -0.2) is 43.8 Å². The number of aliphatic imine (C=N–C) groups is 1. The highest BCUT2D eigenvalue weighted by molar-refractivity contribution is 5.91. The van der Waals surface area contributed by atoms with Gasteiger partial charge < -0.3 is 19.5 Å². The fourth-order valence-corrected chi connectivity index (χ4v) is 3.38. The molecule has 0 saturated carbocycles. The SMILES string of the molecule is C=C1/C=C(OC)\C=C/C(C)N=C(CO[C@@]2(C)CCCCOC(=O)/C2=C/C(C)CC)N1. The van der Waals surface area contributed by atoms with Crippen molar-refractivity contribution < 1.29 is 19.0 Å². The van der Waals surface area contributed by atoms with Gasteiger partial charge in [-0.05, 0) is 45.1 Å². The summed E-state index contributed by atoms with van der Waals surface area (Å²) in [5.41, 5.74) is 0.524. The average molecular weight is 417 g/mol. The topological polar surface area (TPSA) is 69.1 Å². The number of nitrogens with zero attached hydrogens (tertiary/aromatic N) is 1. The van der Waals surface area contributed by atoms with Crippen molar-refractivity contribution in [1.82, 2.24) is 5.32 Å². The van der Waals surface area contributed by atoms with Crippen LogP contribution in [0, 0.1) is 5.92 Å². The van der Waals surface area contributed by atoms with Crippen molar-refractivity contribution in [3.8, 4) is 0 Å². The molecule has 0 radical (unpaired) electrons. The summed E-state index contributed by atoms with van der Waals surface area (Å²) in [7, 11) is 1.62. The number of methoxy groups -OCH3 is 1. The van der Waals surface area contributed by atoms with Crippen LogP contribution in [0.1, 0.15) is 53.4 Å². The fraction of sp³-hybridized carbons (Fsp3) is 0.583. The third-order valence-electron chi connectivity index (χ3n) is 5.45. The number of cyclic esters (lactones) is 1. The van der Waals surface area contributed by atoms with Gasteiger partial charge in [0.05, 0.1) is 30.9 Å². The minimum atomic E-state index is -0.739. The van der Waals surface area contributed by atoms with Gasteiger partial charge >= 0.3 is 5.97 Å². The molecule has 1 fully saturated rings. The van der Waals surface area contributed by atoms with Crippen LogP contribution in [0.5, 0.6) is 0 Å². The molecule has 0 aliphatic carbocycles. The van der Waals surface area contributed by atoms with Gasteiger partial charge in [0.25, 0.3) is 0 Å². The maximum Gasteiger partial charge on any atom is 0.336 e. The summed E-state index contributed by atoms with van der Waals surface area (Å²) in [4.78, 5) is 17.4. The monoisotopic (exact) mass is 416 g/mol. The van der Waals surface area contributed by atoms with Crippen LogP contribution < -0.4 is 5.32 Å². The molecule has 0 spiro atoms. The molecular formula is C24H36N2O4. The van der Waals surface area contributed by atoms with Crippen LogP contribution in [0.2, 0.25) is 0 Å². The largest absolute Gasteiger partial charge is 0.497 e. The first-order valence-corrected chi connectivity index (χ1v) is 10.8. The molecule has 0 bridgehead atoms. The lowest BCUT2D eigenvalue weighted by molar-refractivity contribution is -0.144. The molecule has 2 unspecified atom stereocenters. The van der Waals surface area contributed by atoms with Crippen LogP contribution in [-0.2, 0) is 19.0 Å². The summed E-state index contributed by atoms with van der Waals surface area (Å²) in [5.74, 6) is 1.34. The molecule has 2 aliphatic rings. The zero-order chi connectivity index (χ0) is 22.1. The first kappa shape index (κ1) is 23.9. The Labute approximate surface area is 180 Å². The van der Waals surface area contributed by atoms with Gasteiger partial charge in [0.15, 0.2) is 0 Å². The Bertz CT molecular complexity index is 750. The molecule has 2 aliphatic heterocycles. The van der Waals surface area contributed by atoms with Crippen LogP contribution in [0.25, 0.3) is 0 Å². The average Bonchev–Trinajstić information content (AvgIpc) is 2.77. The van der Waals surface area contributed by atoms with E-state index in [0.29, 0.717) is 29.5 Å². The van der Waals surface area contributed by atoms with E-state index in [0.717, 1.165) is 25.7 Å². The minimum absolute atomic E-state index is 0.0641. The van der Waals surface area contributed by atoms with Crippen molar-refractivity contribution in [1.29, 1.82) is 0 Å². The summed E-state index contributed by atoms with van der Waals surface area (Å²) < 4.78 is 17.2. The highest BCUT2D eigenvalue weighted by Crippen LogP contribution is 2.32. The molecule has 0 aromatic heterocycles. The number of allylic oxidation sites excluding steroid dienone is 3. The Hall–Kier alpha value is -2.34. The molecule has 3 atom stereocenters. The van der Waals surface area contributed by atoms with E-state index < -0.39 is 5.60 Å². The molecular weight excluding hydrogens is 380 g/mol.